The number of halogens is 4. The molecule has 122 valence electrons. The van der Waals surface area contributed by atoms with Gasteiger partial charge in [-0.05, 0) is 38.1 Å². The van der Waals surface area contributed by atoms with Crippen molar-refractivity contribution in [2.45, 2.75) is 26.1 Å². The molecule has 7 heteroatoms. The lowest BCUT2D eigenvalue weighted by atomic mass is 10.1. The van der Waals surface area contributed by atoms with Crippen LogP contribution in [0.1, 0.15) is 35.8 Å². The van der Waals surface area contributed by atoms with Gasteiger partial charge in [-0.3, -0.25) is 4.79 Å². The number of nitrogens with zero attached hydrogens (tertiary/aromatic N) is 2. The fourth-order valence-electron chi connectivity index (χ4n) is 2.06. The highest BCUT2D eigenvalue weighted by Crippen LogP contribution is 2.32. The first kappa shape index (κ1) is 16.9. The Morgan fingerprint density at radius 3 is 2.43 bits per heavy atom. The SMILES string of the molecule is CC(C)n1cccc/c1=N\C(=O)c1cccc(C(F)(F)F)c1F. The lowest BCUT2D eigenvalue weighted by Crippen LogP contribution is -2.23. The van der Waals surface area contributed by atoms with Crippen LogP contribution in [-0.2, 0) is 6.18 Å². The second kappa shape index (κ2) is 6.36. The lowest BCUT2D eigenvalue weighted by molar-refractivity contribution is -0.140. The Hall–Kier alpha value is -2.44. The molecule has 0 unspecified atom stereocenters. The number of carbonyl (C=O) groups is 1. The number of carbonyl (C=O) groups excluding carboxylic acids is 1. The first-order valence-corrected chi connectivity index (χ1v) is 6.83. The molecule has 1 heterocycles. The van der Waals surface area contributed by atoms with Crippen LogP contribution in [0.5, 0.6) is 0 Å². The van der Waals surface area contributed by atoms with Crippen LogP contribution < -0.4 is 5.49 Å². The number of hydrogen-bond acceptors (Lipinski definition) is 1. The molecule has 0 spiro atoms. The number of pyridine rings is 1. The number of rotatable bonds is 2. The van der Waals surface area contributed by atoms with Gasteiger partial charge >= 0.3 is 6.18 Å². The molecular weight excluding hydrogens is 312 g/mol. The van der Waals surface area contributed by atoms with Gasteiger partial charge < -0.3 is 4.57 Å². The van der Waals surface area contributed by atoms with Crippen molar-refractivity contribution >= 4 is 5.91 Å². The van der Waals surface area contributed by atoms with Gasteiger partial charge in [0, 0.05) is 12.2 Å². The maximum absolute atomic E-state index is 14.0. The van der Waals surface area contributed by atoms with Gasteiger partial charge in [0.1, 0.15) is 11.3 Å². The molecule has 0 bridgehead atoms. The minimum Gasteiger partial charge on any atom is -0.330 e. The van der Waals surface area contributed by atoms with Gasteiger partial charge in [-0.25, -0.2) is 4.39 Å². The van der Waals surface area contributed by atoms with E-state index < -0.39 is 29.0 Å². The molecule has 0 aliphatic heterocycles. The topological polar surface area (TPSA) is 34.4 Å². The van der Waals surface area contributed by atoms with Crippen LogP contribution in [0.2, 0.25) is 0 Å². The molecule has 0 saturated carbocycles. The number of hydrogen-bond donors (Lipinski definition) is 0. The Labute approximate surface area is 129 Å². The van der Waals surface area contributed by atoms with Crippen molar-refractivity contribution in [2.24, 2.45) is 4.99 Å². The van der Waals surface area contributed by atoms with E-state index in [4.69, 9.17) is 0 Å². The van der Waals surface area contributed by atoms with Crippen molar-refractivity contribution in [3.63, 3.8) is 0 Å². The summed E-state index contributed by atoms with van der Waals surface area (Å²) in [6, 6.07) is 7.43. The van der Waals surface area contributed by atoms with E-state index in [1.54, 1.807) is 22.9 Å². The third kappa shape index (κ3) is 3.67. The Bertz CT molecular complexity index is 791. The molecule has 0 N–H and O–H groups in total. The maximum Gasteiger partial charge on any atom is 0.419 e. The van der Waals surface area contributed by atoms with Crippen LogP contribution >= 0.6 is 0 Å². The zero-order valence-electron chi connectivity index (χ0n) is 12.4. The predicted octanol–water partition coefficient (Wildman–Crippen LogP) is 3.97. The first-order valence-electron chi connectivity index (χ1n) is 6.83. The number of amides is 1. The summed E-state index contributed by atoms with van der Waals surface area (Å²) in [5.74, 6) is -2.67. The monoisotopic (exact) mass is 326 g/mol. The molecule has 1 aromatic carbocycles. The molecule has 0 radical (unpaired) electrons. The molecule has 2 rings (SSSR count). The molecule has 0 aliphatic carbocycles. The average molecular weight is 326 g/mol. The molecule has 0 fully saturated rings. The van der Waals surface area contributed by atoms with Crippen LogP contribution in [0.15, 0.2) is 47.6 Å². The zero-order valence-corrected chi connectivity index (χ0v) is 12.4. The minimum absolute atomic E-state index is 0.0193. The largest absolute Gasteiger partial charge is 0.419 e. The zero-order chi connectivity index (χ0) is 17.2. The highest BCUT2D eigenvalue weighted by molar-refractivity contribution is 5.95. The van der Waals surface area contributed by atoms with E-state index in [-0.39, 0.29) is 11.5 Å². The summed E-state index contributed by atoms with van der Waals surface area (Å²) in [6.45, 7) is 3.71. The summed E-state index contributed by atoms with van der Waals surface area (Å²) in [5.41, 5.74) is -1.95. The summed E-state index contributed by atoms with van der Waals surface area (Å²) in [5, 5.41) is 0. The smallest absolute Gasteiger partial charge is 0.330 e. The van der Waals surface area contributed by atoms with Crippen molar-refractivity contribution in [1.82, 2.24) is 4.57 Å². The summed E-state index contributed by atoms with van der Waals surface area (Å²) in [6.07, 6.45) is -3.19. The third-order valence-electron chi connectivity index (χ3n) is 3.17. The van der Waals surface area contributed by atoms with E-state index in [9.17, 15) is 22.4 Å². The van der Waals surface area contributed by atoms with Crippen LogP contribution in [0.25, 0.3) is 0 Å². The van der Waals surface area contributed by atoms with Gasteiger partial charge in [0.05, 0.1) is 11.1 Å². The standard InChI is InChI=1S/C16H14F4N2O/c1-10(2)22-9-4-3-8-13(22)21-15(23)11-6-5-7-12(14(11)17)16(18,19)20/h3-10H,1-2H3/b21-13+. The molecule has 0 saturated heterocycles. The van der Waals surface area contributed by atoms with Crippen molar-refractivity contribution in [3.05, 3.63) is 65.0 Å². The predicted molar refractivity (Wildman–Crippen MR) is 76.1 cm³/mol. The van der Waals surface area contributed by atoms with E-state index >= 15 is 0 Å². The van der Waals surface area contributed by atoms with Gasteiger partial charge in [0.25, 0.3) is 5.91 Å². The van der Waals surface area contributed by atoms with E-state index in [2.05, 4.69) is 4.99 Å². The second-order valence-corrected chi connectivity index (χ2v) is 5.14. The van der Waals surface area contributed by atoms with E-state index in [0.717, 1.165) is 12.1 Å². The normalized spacial score (nSPS) is 12.7. The molecule has 0 atom stereocenters. The Morgan fingerprint density at radius 2 is 1.83 bits per heavy atom. The average Bonchev–Trinajstić information content (AvgIpc) is 2.46. The number of aromatic nitrogens is 1. The molecule has 2 aromatic rings. The van der Waals surface area contributed by atoms with Crippen molar-refractivity contribution in [2.75, 3.05) is 0 Å². The molecular formula is C16H14F4N2O. The Balaban J connectivity index is 2.54. The summed E-state index contributed by atoms with van der Waals surface area (Å²) >= 11 is 0. The Morgan fingerprint density at radius 1 is 1.13 bits per heavy atom. The fraction of sp³-hybridized carbons (Fsp3) is 0.250. The Kier molecular flexibility index (Phi) is 4.68. The second-order valence-electron chi connectivity index (χ2n) is 5.14. The maximum atomic E-state index is 14.0. The molecule has 3 nitrogen and oxygen atoms in total. The quantitative estimate of drug-likeness (QED) is 0.769. The van der Waals surface area contributed by atoms with Gasteiger partial charge in [-0.15, -0.1) is 0 Å². The van der Waals surface area contributed by atoms with Gasteiger partial charge in [0.2, 0.25) is 0 Å². The lowest BCUT2D eigenvalue weighted by Gasteiger charge is -2.11. The van der Waals surface area contributed by atoms with Crippen molar-refractivity contribution < 1.29 is 22.4 Å². The van der Waals surface area contributed by atoms with Gasteiger partial charge in [-0.1, -0.05) is 12.1 Å². The van der Waals surface area contributed by atoms with E-state index in [0.29, 0.717) is 6.07 Å². The molecule has 23 heavy (non-hydrogen) atoms. The highest BCUT2D eigenvalue weighted by Gasteiger charge is 2.35. The van der Waals surface area contributed by atoms with Gasteiger partial charge in [0.15, 0.2) is 0 Å². The fourth-order valence-corrected chi connectivity index (χ4v) is 2.06. The minimum atomic E-state index is -4.87. The molecule has 1 aromatic heterocycles. The van der Waals surface area contributed by atoms with E-state index in [1.807, 2.05) is 13.8 Å². The van der Waals surface area contributed by atoms with Crippen molar-refractivity contribution in [3.8, 4) is 0 Å². The summed E-state index contributed by atoms with van der Waals surface area (Å²) in [4.78, 5) is 15.9. The van der Waals surface area contributed by atoms with Crippen LogP contribution in [0, 0.1) is 5.82 Å². The third-order valence-corrected chi connectivity index (χ3v) is 3.17. The highest BCUT2D eigenvalue weighted by atomic mass is 19.4. The summed E-state index contributed by atoms with van der Waals surface area (Å²) in [7, 11) is 0. The van der Waals surface area contributed by atoms with Crippen LogP contribution in [-0.4, -0.2) is 10.5 Å². The van der Waals surface area contributed by atoms with Crippen LogP contribution in [0.4, 0.5) is 17.6 Å². The van der Waals surface area contributed by atoms with Crippen LogP contribution in [0.3, 0.4) is 0 Å². The number of benzene rings is 1. The molecule has 1 amide bonds. The summed E-state index contributed by atoms with van der Waals surface area (Å²) < 4.78 is 53.7. The first-order chi connectivity index (χ1) is 10.7. The number of alkyl halides is 3. The van der Waals surface area contributed by atoms with Crippen molar-refractivity contribution in [1.29, 1.82) is 0 Å². The van der Waals surface area contributed by atoms with E-state index in [1.165, 1.54) is 6.07 Å². The molecule has 0 aliphatic rings. The van der Waals surface area contributed by atoms with Gasteiger partial charge in [-0.2, -0.15) is 18.2 Å².